The van der Waals surface area contributed by atoms with Gasteiger partial charge < -0.3 is 14.4 Å². The van der Waals surface area contributed by atoms with Crippen LogP contribution >= 0.6 is 0 Å². The Morgan fingerprint density at radius 3 is 2.39 bits per heavy atom. The lowest BCUT2D eigenvalue weighted by atomic mass is 10.0. The first-order chi connectivity index (χ1) is 13.1. The van der Waals surface area contributed by atoms with Crippen LogP contribution in [0, 0.1) is 6.92 Å². The van der Waals surface area contributed by atoms with Gasteiger partial charge in [-0.25, -0.2) is 8.78 Å². The molecule has 2 aromatic rings. The van der Waals surface area contributed by atoms with Crippen molar-refractivity contribution in [1.29, 1.82) is 0 Å². The highest BCUT2D eigenvalue weighted by molar-refractivity contribution is 5.99. The van der Waals surface area contributed by atoms with E-state index in [9.17, 15) is 26.7 Å². The Hall–Kier alpha value is -2.84. The molecule has 0 saturated heterocycles. The van der Waals surface area contributed by atoms with Gasteiger partial charge in [-0.05, 0) is 47.9 Å². The second kappa shape index (κ2) is 7.65. The van der Waals surface area contributed by atoms with Crippen LogP contribution in [0.15, 0.2) is 36.4 Å². The Bertz CT molecular complexity index is 865. The Labute approximate surface area is 157 Å². The first-order valence-corrected chi connectivity index (χ1v) is 8.31. The van der Waals surface area contributed by atoms with Crippen molar-refractivity contribution >= 4 is 5.91 Å². The molecule has 150 valence electrons. The molecule has 0 aliphatic carbocycles. The van der Waals surface area contributed by atoms with E-state index in [1.165, 1.54) is 35.2 Å². The van der Waals surface area contributed by atoms with Crippen molar-refractivity contribution in [3.63, 3.8) is 0 Å². The molecule has 0 aromatic heterocycles. The number of amides is 1. The number of alkyl halides is 5. The molecule has 4 nitrogen and oxygen atoms in total. The van der Waals surface area contributed by atoms with Crippen LogP contribution in [0.5, 0.6) is 11.5 Å². The number of fused-ring (bicyclic) bond motifs is 1. The van der Waals surface area contributed by atoms with E-state index in [1.807, 2.05) is 0 Å². The molecule has 0 spiro atoms. The summed E-state index contributed by atoms with van der Waals surface area (Å²) in [6.45, 7) is 1.40. The first kappa shape index (κ1) is 19.9. The van der Waals surface area contributed by atoms with Gasteiger partial charge >= 0.3 is 6.36 Å². The highest BCUT2D eigenvalue weighted by Crippen LogP contribution is 2.31. The van der Waals surface area contributed by atoms with Crippen molar-refractivity contribution in [2.45, 2.75) is 32.8 Å². The van der Waals surface area contributed by atoms with E-state index in [2.05, 4.69) is 4.74 Å². The zero-order valence-corrected chi connectivity index (χ0v) is 14.7. The van der Waals surface area contributed by atoms with E-state index in [0.29, 0.717) is 22.3 Å². The number of halogens is 5. The monoisotopic (exact) mass is 401 g/mol. The third-order valence-electron chi connectivity index (χ3n) is 4.16. The summed E-state index contributed by atoms with van der Waals surface area (Å²) in [4.78, 5) is 14.2. The molecule has 28 heavy (non-hydrogen) atoms. The highest BCUT2D eigenvalue weighted by Gasteiger charge is 2.32. The van der Waals surface area contributed by atoms with Gasteiger partial charge in [0.05, 0.1) is 0 Å². The summed E-state index contributed by atoms with van der Waals surface area (Å²) in [5.74, 6) is -0.313. The average Bonchev–Trinajstić information content (AvgIpc) is 2.89. The second-order valence-corrected chi connectivity index (χ2v) is 6.33. The van der Waals surface area contributed by atoms with E-state index in [1.54, 1.807) is 13.0 Å². The van der Waals surface area contributed by atoms with Gasteiger partial charge in [0, 0.05) is 18.7 Å². The molecular weight excluding hydrogens is 385 g/mol. The molecule has 2 aromatic carbocycles. The van der Waals surface area contributed by atoms with Gasteiger partial charge in [-0.3, -0.25) is 4.79 Å². The molecule has 0 radical (unpaired) electrons. The van der Waals surface area contributed by atoms with Gasteiger partial charge in [0.25, 0.3) is 12.3 Å². The number of nitrogens with zero attached hydrogens (tertiary/aromatic N) is 1. The summed E-state index contributed by atoms with van der Waals surface area (Å²) in [7, 11) is 0. The van der Waals surface area contributed by atoms with E-state index in [4.69, 9.17) is 4.74 Å². The molecular formula is C19H16F5NO3. The normalized spacial score (nSPS) is 13.8. The van der Waals surface area contributed by atoms with Crippen molar-refractivity contribution in [1.82, 2.24) is 4.90 Å². The number of hydrogen-bond acceptors (Lipinski definition) is 3. The number of benzene rings is 2. The molecule has 1 aliphatic heterocycles. The predicted molar refractivity (Wildman–Crippen MR) is 89.4 cm³/mol. The number of rotatable bonds is 6. The summed E-state index contributed by atoms with van der Waals surface area (Å²) >= 11 is 0. The van der Waals surface area contributed by atoms with Crippen molar-refractivity contribution in [2.75, 3.05) is 6.61 Å². The maximum absolute atomic E-state index is 12.6. The molecule has 9 heteroatoms. The third kappa shape index (κ3) is 4.71. The lowest BCUT2D eigenvalue weighted by Crippen LogP contribution is -2.23. The minimum absolute atomic E-state index is 0.187. The highest BCUT2D eigenvalue weighted by atomic mass is 19.4. The van der Waals surface area contributed by atoms with Gasteiger partial charge in [0.15, 0.2) is 0 Å². The fraction of sp³-hybridized carbons (Fsp3) is 0.316. The molecule has 0 saturated carbocycles. The summed E-state index contributed by atoms with van der Waals surface area (Å²) in [6.07, 6.45) is -7.37. The standard InChI is InChI=1S/C19H16F5NO3/c1-11-6-15(27-10-16(20)21)7-13-9-25(18(26)17(11)13)8-12-2-4-14(5-3-12)28-19(22,23)24/h2-7,16H,8-10H2,1H3. The Morgan fingerprint density at radius 1 is 1.11 bits per heavy atom. The van der Waals surface area contributed by atoms with Crippen LogP contribution in [0.2, 0.25) is 0 Å². The average molecular weight is 401 g/mol. The van der Waals surface area contributed by atoms with Gasteiger partial charge in [-0.2, -0.15) is 0 Å². The van der Waals surface area contributed by atoms with Crippen LogP contribution in [0.1, 0.15) is 27.0 Å². The van der Waals surface area contributed by atoms with Crippen LogP contribution in [0.3, 0.4) is 0 Å². The van der Waals surface area contributed by atoms with E-state index in [-0.39, 0.29) is 30.5 Å². The van der Waals surface area contributed by atoms with Crippen LogP contribution in [0.4, 0.5) is 22.0 Å². The van der Waals surface area contributed by atoms with Crippen LogP contribution in [0.25, 0.3) is 0 Å². The van der Waals surface area contributed by atoms with E-state index >= 15 is 0 Å². The SMILES string of the molecule is Cc1cc(OCC(F)F)cc2c1C(=O)N(Cc1ccc(OC(F)(F)F)cc1)C2. The molecule has 0 bridgehead atoms. The fourth-order valence-electron chi connectivity index (χ4n) is 3.08. The zero-order chi connectivity index (χ0) is 20.5. The maximum atomic E-state index is 12.6. The molecule has 1 amide bonds. The van der Waals surface area contributed by atoms with Crippen molar-refractivity contribution in [3.8, 4) is 11.5 Å². The van der Waals surface area contributed by atoms with Gasteiger partial charge in [-0.1, -0.05) is 12.1 Å². The summed E-state index contributed by atoms with van der Waals surface area (Å²) in [6, 6.07) is 8.34. The lowest BCUT2D eigenvalue weighted by molar-refractivity contribution is -0.274. The Balaban J connectivity index is 1.71. The fourth-order valence-corrected chi connectivity index (χ4v) is 3.08. The Morgan fingerprint density at radius 2 is 1.79 bits per heavy atom. The molecule has 3 rings (SSSR count). The van der Waals surface area contributed by atoms with Crippen molar-refractivity contribution < 1.29 is 36.2 Å². The van der Waals surface area contributed by atoms with Crippen molar-refractivity contribution in [2.24, 2.45) is 0 Å². The maximum Gasteiger partial charge on any atom is 0.573 e. The number of ether oxygens (including phenoxy) is 2. The molecule has 0 unspecified atom stereocenters. The number of carbonyl (C=O) groups excluding carboxylic acids is 1. The summed E-state index contributed by atoms with van der Waals surface area (Å²) in [5.41, 5.74) is 2.39. The lowest BCUT2D eigenvalue weighted by Gasteiger charge is -2.16. The molecule has 1 heterocycles. The summed E-state index contributed by atoms with van der Waals surface area (Å²) in [5, 5.41) is 0. The number of hydrogen-bond donors (Lipinski definition) is 0. The zero-order valence-electron chi connectivity index (χ0n) is 14.7. The van der Waals surface area contributed by atoms with Gasteiger partial charge in [0.1, 0.15) is 18.1 Å². The van der Waals surface area contributed by atoms with Crippen LogP contribution in [-0.2, 0) is 13.1 Å². The smallest absolute Gasteiger partial charge is 0.488 e. The minimum Gasteiger partial charge on any atom is -0.488 e. The molecule has 1 aliphatic rings. The molecule has 0 N–H and O–H groups in total. The van der Waals surface area contributed by atoms with E-state index in [0.717, 1.165) is 0 Å². The predicted octanol–water partition coefficient (Wildman–Crippen LogP) is 4.69. The van der Waals surface area contributed by atoms with Gasteiger partial charge in [-0.15, -0.1) is 13.2 Å². The summed E-state index contributed by atoms with van der Waals surface area (Å²) < 4.78 is 70.1. The Kier molecular flexibility index (Phi) is 5.44. The largest absolute Gasteiger partial charge is 0.573 e. The number of carbonyl (C=O) groups is 1. The van der Waals surface area contributed by atoms with Crippen molar-refractivity contribution in [3.05, 3.63) is 58.7 Å². The first-order valence-electron chi connectivity index (χ1n) is 8.31. The molecule has 0 atom stereocenters. The molecule has 0 fully saturated rings. The quantitative estimate of drug-likeness (QED) is 0.659. The topological polar surface area (TPSA) is 38.8 Å². The van der Waals surface area contributed by atoms with Gasteiger partial charge in [0.2, 0.25) is 0 Å². The third-order valence-corrected chi connectivity index (χ3v) is 4.16. The van der Waals surface area contributed by atoms with Crippen LogP contribution < -0.4 is 9.47 Å². The van der Waals surface area contributed by atoms with E-state index < -0.39 is 19.4 Å². The van der Waals surface area contributed by atoms with Crippen LogP contribution in [-0.4, -0.2) is 30.2 Å². The minimum atomic E-state index is -4.77. The number of aryl methyl sites for hydroxylation is 1. The second-order valence-electron chi connectivity index (χ2n) is 6.33.